The number of nitrogens with zero attached hydrogens (tertiary/aromatic N) is 1. The summed E-state index contributed by atoms with van der Waals surface area (Å²) < 4.78 is 4.65. The minimum atomic E-state index is -0.294. The van der Waals surface area contributed by atoms with E-state index in [1.165, 1.54) is 7.11 Å². The van der Waals surface area contributed by atoms with E-state index in [-0.39, 0.29) is 5.97 Å². The molecule has 0 aliphatic carbocycles. The van der Waals surface area contributed by atoms with Crippen molar-refractivity contribution in [2.45, 2.75) is 13.3 Å². The molecule has 0 atom stereocenters. The summed E-state index contributed by atoms with van der Waals surface area (Å²) >= 11 is 0. The van der Waals surface area contributed by atoms with Crippen LogP contribution in [0.15, 0.2) is 23.2 Å². The standard InChI is InChI=1S/C11H11NO2/c1-7-5-9-6-8(11(13)14-2)3-4-10(9)12-7/h3-4,6H,5H2,1-2H3. The zero-order valence-electron chi connectivity index (χ0n) is 8.20. The topological polar surface area (TPSA) is 38.7 Å². The molecule has 2 rings (SSSR count). The van der Waals surface area contributed by atoms with E-state index in [9.17, 15) is 4.79 Å². The van der Waals surface area contributed by atoms with E-state index in [0.717, 1.165) is 23.4 Å². The Morgan fingerprint density at radius 3 is 3.00 bits per heavy atom. The van der Waals surface area contributed by atoms with Crippen LogP contribution in [0.5, 0.6) is 0 Å². The molecule has 3 nitrogen and oxygen atoms in total. The Morgan fingerprint density at radius 1 is 1.50 bits per heavy atom. The van der Waals surface area contributed by atoms with Crippen LogP contribution in [0.4, 0.5) is 5.69 Å². The quantitative estimate of drug-likeness (QED) is 0.635. The molecule has 1 aromatic carbocycles. The molecule has 3 heteroatoms. The van der Waals surface area contributed by atoms with Gasteiger partial charge in [-0.2, -0.15) is 0 Å². The number of aliphatic imine (C=N–C) groups is 1. The Bertz CT molecular complexity index is 421. The van der Waals surface area contributed by atoms with Crippen LogP contribution in [0.2, 0.25) is 0 Å². The molecule has 0 spiro atoms. The Morgan fingerprint density at radius 2 is 2.29 bits per heavy atom. The van der Waals surface area contributed by atoms with Crippen molar-refractivity contribution in [2.75, 3.05) is 7.11 Å². The lowest BCUT2D eigenvalue weighted by Gasteiger charge is -2.01. The number of ether oxygens (including phenoxy) is 1. The highest BCUT2D eigenvalue weighted by Gasteiger charge is 2.14. The normalized spacial score (nSPS) is 13.4. The van der Waals surface area contributed by atoms with Gasteiger partial charge in [0.1, 0.15) is 0 Å². The fourth-order valence-corrected chi connectivity index (χ4v) is 1.60. The van der Waals surface area contributed by atoms with Crippen LogP contribution in [0, 0.1) is 0 Å². The molecular formula is C11H11NO2. The average molecular weight is 189 g/mol. The maximum Gasteiger partial charge on any atom is 0.337 e. The van der Waals surface area contributed by atoms with E-state index in [1.807, 2.05) is 19.1 Å². The highest BCUT2D eigenvalue weighted by molar-refractivity contribution is 5.95. The second kappa shape index (κ2) is 3.25. The summed E-state index contributed by atoms with van der Waals surface area (Å²) in [5, 5.41) is 0. The van der Waals surface area contributed by atoms with Crippen LogP contribution in [0.1, 0.15) is 22.8 Å². The molecule has 0 fully saturated rings. The fraction of sp³-hybridized carbons (Fsp3) is 0.273. The van der Waals surface area contributed by atoms with E-state index in [4.69, 9.17) is 0 Å². The molecule has 0 bridgehead atoms. The van der Waals surface area contributed by atoms with Gasteiger partial charge in [0.05, 0.1) is 18.4 Å². The lowest BCUT2D eigenvalue weighted by Crippen LogP contribution is -2.01. The fourth-order valence-electron chi connectivity index (χ4n) is 1.60. The number of fused-ring (bicyclic) bond motifs is 1. The van der Waals surface area contributed by atoms with Gasteiger partial charge in [0.25, 0.3) is 0 Å². The number of methoxy groups -OCH3 is 1. The zero-order valence-corrected chi connectivity index (χ0v) is 8.20. The third-order valence-electron chi connectivity index (χ3n) is 2.26. The third kappa shape index (κ3) is 1.41. The second-order valence-electron chi connectivity index (χ2n) is 3.36. The van der Waals surface area contributed by atoms with Crippen LogP contribution in [0.3, 0.4) is 0 Å². The number of rotatable bonds is 1. The van der Waals surface area contributed by atoms with E-state index >= 15 is 0 Å². The molecule has 1 aromatic rings. The molecule has 0 amide bonds. The summed E-state index contributed by atoms with van der Waals surface area (Å²) in [5.41, 5.74) is 3.75. The van der Waals surface area contributed by atoms with Crippen LogP contribution in [-0.4, -0.2) is 18.8 Å². The van der Waals surface area contributed by atoms with Crippen molar-refractivity contribution in [3.05, 3.63) is 29.3 Å². The van der Waals surface area contributed by atoms with Gasteiger partial charge in [0.15, 0.2) is 0 Å². The Kier molecular flexibility index (Phi) is 2.08. The Labute approximate surface area is 82.4 Å². The molecule has 0 saturated heterocycles. The highest BCUT2D eigenvalue weighted by Crippen LogP contribution is 2.27. The molecule has 0 N–H and O–H groups in total. The number of benzene rings is 1. The first-order valence-electron chi connectivity index (χ1n) is 4.46. The summed E-state index contributed by atoms with van der Waals surface area (Å²) in [6, 6.07) is 5.45. The SMILES string of the molecule is COC(=O)c1ccc2c(c1)CC(C)=N2. The largest absolute Gasteiger partial charge is 0.465 e. The molecule has 72 valence electrons. The smallest absolute Gasteiger partial charge is 0.337 e. The van der Waals surface area contributed by atoms with Gasteiger partial charge in [-0.1, -0.05) is 0 Å². The molecular weight excluding hydrogens is 178 g/mol. The van der Waals surface area contributed by atoms with Gasteiger partial charge in [-0.05, 0) is 30.7 Å². The van der Waals surface area contributed by atoms with Crippen molar-refractivity contribution in [1.82, 2.24) is 0 Å². The van der Waals surface area contributed by atoms with Gasteiger partial charge >= 0.3 is 5.97 Å². The lowest BCUT2D eigenvalue weighted by molar-refractivity contribution is 0.0600. The van der Waals surface area contributed by atoms with Gasteiger partial charge in [-0.25, -0.2) is 4.79 Å². The summed E-state index contributed by atoms with van der Waals surface area (Å²) in [6.45, 7) is 1.98. The minimum Gasteiger partial charge on any atom is -0.465 e. The highest BCUT2D eigenvalue weighted by atomic mass is 16.5. The van der Waals surface area contributed by atoms with Gasteiger partial charge in [-0.3, -0.25) is 4.99 Å². The monoisotopic (exact) mass is 189 g/mol. The summed E-state index contributed by atoms with van der Waals surface area (Å²) in [6.07, 6.45) is 0.833. The van der Waals surface area contributed by atoms with Crippen molar-refractivity contribution >= 4 is 17.4 Å². The summed E-state index contributed by atoms with van der Waals surface area (Å²) in [4.78, 5) is 15.6. The van der Waals surface area contributed by atoms with Crippen molar-refractivity contribution in [2.24, 2.45) is 4.99 Å². The molecule has 1 heterocycles. The van der Waals surface area contributed by atoms with Crippen LogP contribution >= 0.6 is 0 Å². The third-order valence-corrected chi connectivity index (χ3v) is 2.26. The van der Waals surface area contributed by atoms with Gasteiger partial charge in [-0.15, -0.1) is 0 Å². The van der Waals surface area contributed by atoms with Crippen LogP contribution < -0.4 is 0 Å². The van der Waals surface area contributed by atoms with Crippen LogP contribution in [0.25, 0.3) is 0 Å². The molecule has 0 saturated carbocycles. The van der Waals surface area contributed by atoms with E-state index < -0.39 is 0 Å². The summed E-state index contributed by atoms with van der Waals surface area (Å²) in [7, 11) is 1.39. The Hall–Kier alpha value is -1.64. The molecule has 0 radical (unpaired) electrons. The number of carbonyl (C=O) groups is 1. The number of esters is 1. The predicted molar refractivity (Wildman–Crippen MR) is 54.3 cm³/mol. The lowest BCUT2D eigenvalue weighted by atomic mass is 10.1. The molecule has 0 aromatic heterocycles. The van der Waals surface area contributed by atoms with Crippen molar-refractivity contribution in [3.8, 4) is 0 Å². The van der Waals surface area contributed by atoms with Gasteiger partial charge < -0.3 is 4.74 Å². The molecule has 14 heavy (non-hydrogen) atoms. The maximum absolute atomic E-state index is 11.2. The number of carbonyl (C=O) groups excluding carboxylic acids is 1. The van der Waals surface area contributed by atoms with Crippen molar-refractivity contribution < 1.29 is 9.53 Å². The van der Waals surface area contributed by atoms with Crippen molar-refractivity contribution in [3.63, 3.8) is 0 Å². The summed E-state index contributed by atoms with van der Waals surface area (Å²) in [5.74, 6) is -0.294. The number of hydrogen-bond acceptors (Lipinski definition) is 3. The first-order chi connectivity index (χ1) is 6.70. The molecule has 0 unspecified atom stereocenters. The van der Waals surface area contributed by atoms with E-state index in [0.29, 0.717) is 5.56 Å². The Balaban J connectivity index is 2.37. The van der Waals surface area contributed by atoms with Gasteiger partial charge in [0.2, 0.25) is 0 Å². The van der Waals surface area contributed by atoms with E-state index in [2.05, 4.69) is 9.73 Å². The van der Waals surface area contributed by atoms with Crippen LogP contribution in [-0.2, 0) is 11.2 Å². The predicted octanol–water partition coefficient (Wildman–Crippen LogP) is 2.12. The molecule has 1 aliphatic rings. The first-order valence-corrected chi connectivity index (χ1v) is 4.46. The first kappa shape index (κ1) is 8.94. The average Bonchev–Trinajstić information content (AvgIpc) is 2.55. The van der Waals surface area contributed by atoms with Gasteiger partial charge in [0, 0.05) is 12.1 Å². The number of hydrogen-bond donors (Lipinski definition) is 0. The minimum absolute atomic E-state index is 0.294. The maximum atomic E-state index is 11.2. The van der Waals surface area contributed by atoms with Crippen molar-refractivity contribution in [1.29, 1.82) is 0 Å². The zero-order chi connectivity index (χ0) is 10.1. The molecule has 1 aliphatic heterocycles. The van der Waals surface area contributed by atoms with E-state index in [1.54, 1.807) is 6.07 Å². The second-order valence-corrected chi connectivity index (χ2v) is 3.36.